The van der Waals surface area contributed by atoms with E-state index in [0.29, 0.717) is 5.88 Å². The zero-order valence-electron chi connectivity index (χ0n) is 11.1. The molecule has 0 atom stereocenters. The summed E-state index contributed by atoms with van der Waals surface area (Å²) in [5.74, 6) is 1.47. The van der Waals surface area contributed by atoms with Crippen molar-refractivity contribution in [2.24, 2.45) is 5.92 Å². The molecule has 1 heterocycles. The Hall–Kier alpha value is -0.440. The summed E-state index contributed by atoms with van der Waals surface area (Å²) in [4.78, 5) is 5.02. The summed E-state index contributed by atoms with van der Waals surface area (Å²) >= 11 is 12.1. The monoisotopic (exact) mass is 298 g/mol. The van der Waals surface area contributed by atoms with Crippen molar-refractivity contribution < 1.29 is 0 Å². The highest BCUT2D eigenvalue weighted by atomic mass is 35.5. The molecule has 1 aromatic rings. The summed E-state index contributed by atoms with van der Waals surface area (Å²) in [5, 5.41) is 0.785. The van der Waals surface area contributed by atoms with Gasteiger partial charge in [-0.1, -0.05) is 17.7 Å². The molecular weight excluding hydrogens is 279 g/mol. The lowest BCUT2D eigenvalue weighted by molar-refractivity contribution is 0.248. The van der Waals surface area contributed by atoms with Gasteiger partial charge in [-0.05, 0) is 36.5 Å². The lowest BCUT2D eigenvalue weighted by atomic mass is 10.2. The van der Waals surface area contributed by atoms with Gasteiger partial charge in [0.2, 0.25) is 0 Å². The minimum atomic E-state index is 0.480. The molecule has 2 fully saturated rings. The van der Waals surface area contributed by atoms with Gasteiger partial charge in [0.05, 0.1) is 0 Å². The van der Waals surface area contributed by atoms with Gasteiger partial charge < -0.3 is 4.90 Å². The highest BCUT2D eigenvalue weighted by molar-refractivity contribution is 6.32. The van der Waals surface area contributed by atoms with Gasteiger partial charge in [-0.25, -0.2) is 0 Å². The van der Waals surface area contributed by atoms with E-state index < -0.39 is 0 Å². The number of hydrogen-bond donors (Lipinski definition) is 0. The molecule has 1 aliphatic carbocycles. The maximum atomic E-state index is 6.23. The van der Waals surface area contributed by atoms with Gasteiger partial charge in [0.1, 0.15) is 0 Å². The highest BCUT2D eigenvalue weighted by Gasteiger charge is 2.26. The van der Waals surface area contributed by atoms with Crippen molar-refractivity contribution in [2.45, 2.75) is 18.7 Å². The van der Waals surface area contributed by atoms with Crippen molar-refractivity contribution >= 4 is 28.9 Å². The first-order valence-corrected chi connectivity index (χ1v) is 7.99. The molecule has 1 saturated carbocycles. The van der Waals surface area contributed by atoms with E-state index >= 15 is 0 Å². The summed E-state index contributed by atoms with van der Waals surface area (Å²) in [5.41, 5.74) is 2.24. The number of rotatable bonds is 4. The largest absolute Gasteiger partial charge is 0.369 e. The third-order valence-electron chi connectivity index (χ3n) is 4.13. The molecule has 1 saturated heterocycles. The molecule has 1 aliphatic heterocycles. The predicted molar refractivity (Wildman–Crippen MR) is 82.4 cm³/mol. The highest BCUT2D eigenvalue weighted by Crippen LogP contribution is 2.30. The third-order valence-corrected chi connectivity index (χ3v) is 4.77. The van der Waals surface area contributed by atoms with Crippen LogP contribution in [0.4, 0.5) is 5.69 Å². The number of hydrogen-bond acceptors (Lipinski definition) is 2. The molecule has 0 radical (unpaired) electrons. The van der Waals surface area contributed by atoms with Crippen LogP contribution in [-0.2, 0) is 5.88 Å². The van der Waals surface area contributed by atoms with Crippen molar-refractivity contribution in [1.82, 2.24) is 4.90 Å². The SMILES string of the molecule is ClCc1ccc(N2CCN(CC3CC3)CC2)cc1Cl. The van der Waals surface area contributed by atoms with E-state index in [4.69, 9.17) is 23.2 Å². The van der Waals surface area contributed by atoms with Gasteiger partial charge in [-0.2, -0.15) is 0 Å². The molecule has 4 heteroatoms. The molecular formula is C15H20Cl2N2. The number of anilines is 1. The van der Waals surface area contributed by atoms with Gasteiger partial charge in [-0.3, -0.25) is 4.90 Å². The first-order valence-electron chi connectivity index (χ1n) is 7.08. The van der Waals surface area contributed by atoms with Crippen LogP contribution in [0.15, 0.2) is 18.2 Å². The Bertz CT molecular complexity index is 438. The Labute approximate surface area is 125 Å². The third kappa shape index (κ3) is 3.36. The maximum absolute atomic E-state index is 6.23. The molecule has 0 aromatic heterocycles. The number of halogens is 2. The summed E-state index contributed by atoms with van der Waals surface area (Å²) in [6.45, 7) is 5.85. The van der Waals surface area contributed by atoms with E-state index in [-0.39, 0.29) is 0 Å². The van der Waals surface area contributed by atoms with Crippen LogP contribution in [-0.4, -0.2) is 37.6 Å². The van der Waals surface area contributed by atoms with Gasteiger partial charge in [-0.15, -0.1) is 11.6 Å². The van der Waals surface area contributed by atoms with E-state index in [9.17, 15) is 0 Å². The Morgan fingerprint density at radius 3 is 2.42 bits per heavy atom. The quantitative estimate of drug-likeness (QED) is 0.784. The molecule has 1 aromatic carbocycles. The predicted octanol–water partition coefficient (Wildman–Crippen LogP) is 3.61. The van der Waals surface area contributed by atoms with Crippen molar-refractivity contribution in [1.29, 1.82) is 0 Å². The van der Waals surface area contributed by atoms with Crippen LogP contribution in [0, 0.1) is 5.92 Å². The minimum absolute atomic E-state index is 0.480. The van der Waals surface area contributed by atoms with Crippen LogP contribution in [0.3, 0.4) is 0 Å². The van der Waals surface area contributed by atoms with E-state index in [2.05, 4.69) is 21.9 Å². The van der Waals surface area contributed by atoms with Crippen molar-refractivity contribution in [3.8, 4) is 0 Å². The van der Waals surface area contributed by atoms with Crippen LogP contribution in [0.5, 0.6) is 0 Å². The second-order valence-electron chi connectivity index (χ2n) is 5.64. The fraction of sp³-hybridized carbons (Fsp3) is 0.600. The lowest BCUT2D eigenvalue weighted by Gasteiger charge is -2.36. The van der Waals surface area contributed by atoms with Crippen LogP contribution in [0.1, 0.15) is 18.4 Å². The summed E-state index contributed by atoms with van der Waals surface area (Å²) in [7, 11) is 0. The fourth-order valence-corrected chi connectivity index (χ4v) is 3.24. The minimum Gasteiger partial charge on any atom is -0.369 e. The molecule has 19 heavy (non-hydrogen) atoms. The standard InChI is InChI=1S/C15H20Cl2N2/c16-10-13-3-4-14(9-15(13)17)19-7-5-18(6-8-19)11-12-1-2-12/h3-4,9,12H,1-2,5-8,10-11H2. The lowest BCUT2D eigenvalue weighted by Crippen LogP contribution is -2.47. The second kappa shape index (κ2) is 5.90. The van der Waals surface area contributed by atoms with E-state index in [0.717, 1.165) is 29.6 Å². The summed E-state index contributed by atoms with van der Waals surface area (Å²) in [6.07, 6.45) is 2.88. The molecule has 0 spiro atoms. The Balaban J connectivity index is 1.59. The summed E-state index contributed by atoms with van der Waals surface area (Å²) < 4.78 is 0. The van der Waals surface area contributed by atoms with Crippen molar-refractivity contribution in [3.05, 3.63) is 28.8 Å². The Morgan fingerprint density at radius 1 is 1.11 bits per heavy atom. The van der Waals surface area contributed by atoms with Gasteiger partial charge >= 0.3 is 0 Å². The van der Waals surface area contributed by atoms with E-state index in [1.807, 2.05) is 6.07 Å². The van der Waals surface area contributed by atoms with Crippen LogP contribution in [0.2, 0.25) is 5.02 Å². The van der Waals surface area contributed by atoms with Crippen LogP contribution < -0.4 is 4.90 Å². The molecule has 0 N–H and O–H groups in total. The van der Waals surface area contributed by atoms with Gasteiger partial charge in [0, 0.05) is 49.3 Å². The first kappa shape index (κ1) is 13.5. The normalized spacial score (nSPS) is 20.8. The molecule has 0 bridgehead atoms. The smallest absolute Gasteiger partial charge is 0.0488 e. The van der Waals surface area contributed by atoms with Crippen LogP contribution >= 0.6 is 23.2 Å². The first-order chi connectivity index (χ1) is 9.26. The van der Waals surface area contributed by atoms with E-state index in [1.165, 1.54) is 38.2 Å². The molecule has 2 nitrogen and oxygen atoms in total. The summed E-state index contributed by atoms with van der Waals surface area (Å²) in [6, 6.07) is 6.23. The average Bonchev–Trinajstić information content (AvgIpc) is 3.23. The van der Waals surface area contributed by atoms with E-state index in [1.54, 1.807) is 0 Å². The molecule has 3 rings (SSSR count). The van der Waals surface area contributed by atoms with Gasteiger partial charge in [0.15, 0.2) is 0 Å². The zero-order chi connectivity index (χ0) is 13.2. The van der Waals surface area contributed by atoms with Crippen LogP contribution in [0.25, 0.3) is 0 Å². The van der Waals surface area contributed by atoms with Crippen molar-refractivity contribution in [3.63, 3.8) is 0 Å². The number of nitrogens with zero attached hydrogens (tertiary/aromatic N) is 2. The number of alkyl halides is 1. The molecule has 0 amide bonds. The number of benzene rings is 1. The fourth-order valence-electron chi connectivity index (χ4n) is 2.70. The van der Waals surface area contributed by atoms with Crippen molar-refractivity contribution in [2.75, 3.05) is 37.6 Å². The molecule has 0 unspecified atom stereocenters. The Morgan fingerprint density at radius 2 is 1.84 bits per heavy atom. The topological polar surface area (TPSA) is 6.48 Å². The molecule has 2 aliphatic rings. The second-order valence-corrected chi connectivity index (χ2v) is 6.31. The Kier molecular flexibility index (Phi) is 4.21. The zero-order valence-corrected chi connectivity index (χ0v) is 12.6. The average molecular weight is 299 g/mol. The maximum Gasteiger partial charge on any atom is 0.0488 e. The van der Waals surface area contributed by atoms with Gasteiger partial charge in [0.25, 0.3) is 0 Å². The molecule has 104 valence electrons. The number of piperazine rings is 1.